The number of carbonyl (C=O) groups is 1. The number of aryl methyl sites for hydroxylation is 1. The molecule has 0 spiro atoms. The number of rotatable bonds is 5. The molecule has 2 heterocycles. The van der Waals surface area contributed by atoms with Crippen LogP contribution in [-0.4, -0.2) is 29.1 Å². The Labute approximate surface area is 160 Å². The van der Waals surface area contributed by atoms with Gasteiger partial charge < -0.3 is 4.74 Å². The third kappa shape index (κ3) is 3.76. The number of terminal acetylenes is 1. The molecular weight excluding hydrogens is 362 g/mol. The number of nitrogens with zero attached hydrogens (tertiary/aromatic N) is 3. The first-order valence-electron chi connectivity index (χ1n) is 8.07. The Kier molecular flexibility index (Phi) is 5.38. The van der Waals surface area contributed by atoms with Crippen LogP contribution in [0.1, 0.15) is 15.9 Å². The predicted molar refractivity (Wildman–Crippen MR) is 106 cm³/mol. The lowest BCUT2D eigenvalue weighted by atomic mass is 10.2. The molecule has 0 radical (unpaired) electrons. The number of pyridine rings is 1. The van der Waals surface area contributed by atoms with Gasteiger partial charge in [0, 0.05) is 23.8 Å². The maximum atomic E-state index is 13.0. The van der Waals surface area contributed by atoms with Crippen molar-refractivity contribution in [1.82, 2.24) is 9.55 Å². The lowest BCUT2D eigenvalue weighted by Gasteiger charge is -2.18. The Hall–Kier alpha value is -3.37. The molecule has 0 aliphatic rings. The minimum absolute atomic E-state index is 0.0826. The summed E-state index contributed by atoms with van der Waals surface area (Å²) >= 11 is 1.32. The number of anilines is 1. The molecule has 0 bridgehead atoms. The highest BCUT2D eigenvalue weighted by Gasteiger charge is 2.20. The van der Waals surface area contributed by atoms with Crippen molar-refractivity contribution in [2.24, 2.45) is 0 Å². The number of hydrogen-bond acceptors (Lipinski definition) is 5. The number of aromatic nitrogens is 2. The van der Waals surface area contributed by atoms with E-state index in [9.17, 15) is 9.59 Å². The minimum atomic E-state index is -0.330. The summed E-state index contributed by atoms with van der Waals surface area (Å²) in [5.74, 6) is 2.68. The van der Waals surface area contributed by atoms with Crippen LogP contribution in [0, 0.1) is 19.3 Å². The van der Waals surface area contributed by atoms with Crippen LogP contribution < -0.4 is 15.2 Å². The van der Waals surface area contributed by atoms with Gasteiger partial charge in [0.05, 0.1) is 24.9 Å². The summed E-state index contributed by atoms with van der Waals surface area (Å²) in [6, 6.07) is 8.34. The number of carbonyl (C=O) groups excluding carboxylic acids is 1. The molecule has 1 amide bonds. The van der Waals surface area contributed by atoms with Crippen LogP contribution in [-0.2, 0) is 0 Å². The van der Waals surface area contributed by atoms with Crippen LogP contribution in [0.2, 0.25) is 0 Å². The van der Waals surface area contributed by atoms with Gasteiger partial charge in [0.1, 0.15) is 5.75 Å². The minimum Gasteiger partial charge on any atom is -0.495 e. The molecule has 0 N–H and O–H groups in total. The average Bonchev–Trinajstić information content (AvgIpc) is 3.20. The molecule has 0 saturated heterocycles. The molecule has 27 heavy (non-hydrogen) atoms. The summed E-state index contributed by atoms with van der Waals surface area (Å²) in [4.78, 5) is 31.0. The van der Waals surface area contributed by atoms with Crippen molar-refractivity contribution in [2.45, 2.75) is 6.92 Å². The van der Waals surface area contributed by atoms with Crippen molar-refractivity contribution in [3.63, 3.8) is 0 Å². The number of amides is 1. The lowest BCUT2D eigenvalue weighted by molar-refractivity contribution is 0.0989. The van der Waals surface area contributed by atoms with E-state index in [4.69, 9.17) is 11.2 Å². The molecule has 136 valence electrons. The summed E-state index contributed by atoms with van der Waals surface area (Å²) in [6.07, 6.45) is 8.52. The fraction of sp³-hybridized carbons (Fsp3) is 0.150. The van der Waals surface area contributed by atoms with E-state index in [1.54, 1.807) is 17.6 Å². The predicted octanol–water partition coefficient (Wildman–Crippen LogP) is 2.89. The normalized spacial score (nSPS) is 10.3. The first-order chi connectivity index (χ1) is 13.0. The third-order valence-electron chi connectivity index (χ3n) is 3.90. The molecule has 0 aliphatic heterocycles. The molecule has 0 unspecified atom stereocenters. The fourth-order valence-electron chi connectivity index (χ4n) is 2.61. The molecule has 0 fully saturated rings. The smallest absolute Gasteiger partial charge is 0.262 e. The van der Waals surface area contributed by atoms with Crippen molar-refractivity contribution >= 4 is 22.4 Å². The molecule has 7 heteroatoms. The van der Waals surface area contributed by atoms with Gasteiger partial charge in [-0.3, -0.25) is 19.1 Å². The average molecular weight is 379 g/mol. The van der Waals surface area contributed by atoms with Gasteiger partial charge in [0.15, 0.2) is 5.13 Å². The monoisotopic (exact) mass is 379 g/mol. The number of thiazole rings is 1. The molecule has 0 atom stereocenters. The summed E-state index contributed by atoms with van der Waals surface area (Å²) in [7, 11) is 1.53. The van der Waals surface area contributed by atoms with Crippen LogP contribution in [0.3, 0.4) is 0 Å². The van der Waals surface area contributed by atoms with E-state index in [0.717, 1.165) is 5.56 Å². The largest absolute Gasteiger partial charge is 0.495 e. The fourth-order valence-corrected chi connectivity index (χ4v) is 3.25. The van der Waals surface area contributed by atoms with Crippen molar-refractivity contribution in [3.8, 4) is 23.8 Å². The van der Waals surface area contributed by atoms with Gasteiger partial charge in [-0.25, -0.2) is 4.98 Å². The van der Waals surface area contributed by atoms with E-state index >= 15 is 0 Å². The van der Waals surface area contributed by atoms with Crippen LogP contribution in [0.15, 0.2) is 52.9 Å². The second kappa shape index (κ2) is 7.89. The molecule has 0 saturated carbocycles. The number of benzene rings is 1. The van der Waals surface area contributed by atoms with E-state index in [-0.39, 0.29) is 18.0 Å². The van der Waals surface area contributed by atoms with Gasteiger partial charge in [-0.05, 0) is 30.7 Å². The molecule has 1 aromatic carbocycles. The second-order valence-electron chi connectivity index (χ2n) is 5.71. The topological polar surface area (TPSA) is 64.4 Å². The van der Waals surface area contributed by atoms with Gasteiger partial charge >= 0.3 is 0 Å². The quantitative estimate of drug-likeness (QED) is 0.640. The zero-order valence-electron chi connectivity index (χ0n) is 14.9. The van der Waals surface area contributed by atoms with E-state index in [0.29, 0.717) is 22.1 Å². The van der Waals surface area contributed by atoms with Gasteiger partial charge in [0.25, 0.3) is 11.5 Å². The van der Waals surface area contributed by atoms with Crippen molar-refractivity contribution < 1.29 is 9.53 Å². The van der Waals surface area contributed by atoms with Crippen LogP contribution >= 0.6 is 11.3 Å². The maximum absolute atomic E-state index is 13.0. The Morgan fingerprint density at radius 1 is 1.37 bits per heavy atom. The van der Waals surface area contributed by atoms with E-state index < -0.39 is 0 Å². The summed E-state index contributed by atoms with van der Waals surface area (Å²) < 4.78 is 6.76. The van der Waals surface area contributed by atoms with Crippen molar-refractivity contribution in [2.75, 3.05) is 18.6 Å². The van der Waals surface area contributed by atoms with E-state index in [2.05, 4.69) is 10.9 Å². The molecule has 3 rings (SSSR count). The molecule has 0 aliphatic carbocycles. The van der Waals surface area contributed by atoms with E-state index in [1.807, 2.05) is 19.1 Å². The zero-order chi connectivity index (χ0) is 19.4. The molecule has 2 aromatic heterocycles. The maximum Gasteiger partial charge on any atom is 0.262 e. The SMILES string of the molecule is C#CCN(C(=O)c1ccc(=O)n(-c2cc(C)ccc2OC)c1)c1nccs1. The Morgan fingerprint density at radius 2 is 2.19 bits per heavy atom. The first kappa shape index (κ1) is 18.4. The highest BCUT2D eigenvalue weighted by atomic mass is 32.1. The van der Waals surface area contributed by atoms with Crippen molar-refractivity contribution in [1.29, 1.82) is 0 Å². The van der Waals surface area contributed by atoms with Crippen LogP contribution in [0.4, 0.5) is 5.13 Å². The third-order valence-corrected chi connectivity index (χ3v) is 4.69. The van der Waals surface area contributed by atoms with Gasteiger partial charge in [-0.15, -0.1) is 17.8 Å². The van der Waals surface area contributed by atoms with Gasteiger partial charge in [-0.1, -0.05) is 12.0 Å². The highest BCUT2D eigenvalue weighted by molar-refractivity contribution is 7.13. The molecule has 3 aromatic rings. The van der Waals surface area contributed by atoms with Crippen molar-refractivity contribution in [3.05, 3.63) is 69.6 Å². The molecule has 6 nitrogen and oxygen atoms in total. The summed E-state index contributed by atoms with van der Waals surface area (Å²) in [5.41, 5.74) is 1.58. The number of methoxy groups -OCH3 is 1. The summed E-state index contributed by atoms with van der Waals surface area (Å²) in [5, 5.41) is 2.27. The second-order valence-corrected chi connectivity index (χ2v) is 6.58. The summed E-state index contributed by atoms with van der Waals surface area (Å²) in [6.45, 7) is 2.00. The number of hydrogen-bond donors (Lipinski definition) is 0. The Bertz CT molecular complexity index is 1060. The standard InChI is InChI=1S/C20H17N3O3S/c1-4-10-22(20-21-9-11-27-20)19(25)15-6-8-18(24)23(13-15)16-12-14(2)5-7-17(16)26-3/h1,5-9,11-13H,10H2,2-3H3. The zero-order valence-corrected chi connectivity index (χ0v) is 15.7. The molecular formula is C20H17N3O3S. The Balaban J connectivity index is 2.08. The van der Waals surface area contributed by atoms with Crippen LogP contribution in [0.5, 0.6) is 5.75 Å². The lowest BCUT2D eigenvalue weighted by Crippen LogP contribution is -2.32. The Morgan fingerprint density at radius 3 is 2.85 bits per heavy atom. The van der Waals surface area contributed by atoms with Crippen LogP contribution in [0.25, 0.3) is 5.69 Å². The van der Waals surface area contributed by atoms with Gasteiger partial charge in [0.2, 0.25) is 0 Å². The number of ether oxygens (including phenoxy) is 1. The first-order valence-corrected chi connectivity index (χ1v) is 8.95. The highest BCUT2D eigenvalue weighted by Crippen LogP contribution is 2.24. The van der Waals surface area contributed by atoms with E-state index in [1.165, 1.54) is 46.2 Å². The van der Waals surface area contributed by atoms with Gasteiger partial charge in [-0.2, -0.15) is 0 Å².